The second-order valence-electron chi connectivity index (χ2n) is 3.58. The Bertz CT molecular complexity index is 572. The third-order valence-corrected chi connectivity index (χ3v) is 2.45. The molecule has 0 aliphatic carbocycles. The van der Waals surface area contributed by atoms with Crippen molar-refractivity contribution in [1.82, 2.24) is 9.78 Å². The normalized spacial score (nSPS) is 10.4. The lowest BCUT2D eigenvalue weighted by atomic mass is 10.1. The van der Waals surface area contributed by atoms with Crippen LogP contribution in [-0.2, 0) is 7.05 Å². The van der Waals surface area contributed by atoms with Gasteiger partial charge in [0.25, 0.3) is 0 Å². The Hall–Kier alpha value is -2.50. The summed E-state index contributed by atoms with van der Waals surface area (Å²) in [5, 5.41) is 22.3. The summed E-state index contributed by atoms with van der Waals surface area (Å²) in [7, 11) is 1.58. The molecule has 2 rings (SSSR count). The van der Waals surface area contributed by atoms with E-state index in [1.807, 2.05) is 0 Å². The molecule has 0 saturated heterocycles. The molecule has 0 amide bonds. The maximum Gasteiger partial charge on any atom is 0.341 e. The Morgan fingerprint density at radius 1 is 1.35 bits per heavy atom. The summed E-state index contributed by atoms with van der Waals surface area (Å²) in [6.45, 7) is 0. The molecule has 6 nitrogen and oxygen atoms in total. The predicted octanol–water partition coefficient (Wildman–Crippen LogP) is 1.07. The quantitative estimate of drug-likeness (QED) is 0.720. The highest BCUT2D eigenvalue weighted by Crippen LogP contribution is 2.27. The lowest BCUT2D eigenvalue weighted by molar-refractivity contribution is 0.0699. The maximum absolute atomic E-state index is 11.1. The number of nitrogens with two attached hydrogens (primary N) is 1. The zero-order valence-corrected chi connectivity index (χ0v) is 9.08. The second-order valence-corrected chi connectivity index (χ2v) is 3.58. The third-order valence-electron chi connectivity index (χ3n) is 2.45. The van der Waals surface area contributed by atoms with Crippen molar-refractivity contribution in [3.63, 3.8) is 0 Å². The number of carbonyl (C=O) groups is 1. The number of nitrogens with zero attached hydrogens (tertiary/aromatic N) is 2. The molecule has 0 radical (unpaired) electrons. The van der Waals surface area contributed by atoms with Gasteiger partial charge in [0.15, 0.2) is 0 Å². The first-order valence-corrected chi connectivity index (χ1v) is 4.86. The van der Waals surface area contributed by atoms with Crippen LogP contribution in [0.25, 0.3) is 11.3 Å². The summed E-state index contributed by atoms with van der Waals surface area (Å²) in [5.41, 5.74) is 6.49. The fraction of sp³-hybridized carbons (Fsp3) is 0.0909. The number of anilines is 1. The number of carboxylic acid groups (broad SMARTS) is 1. The van der Waals surface area contributed by atoms with Crippen LogP contribution in [0.4, 0.5) is 5.82 Å². The number of benzene rings is 1. The van der Waals surface area contributed by atoms with Crippen LogP contribution in [0, 0.1) is 0 Å². The Labute approximate surface area is 96.9 Å². The van der Waals surface area contributed by atoms with Crippen LogP contribution in [0.2, 0.25) is 0 Å². The van der Waals surface area contributed by atoms with Crippen LogP contribution in [0.15, 0.2) is 24.3 Å². The Morgan fingerprint density at radius 3 is 2.47 bits per heavy atom. The third kappa shape index (κ3) is 1.80. The van der Waals surface area contributed by atoms with Gasteiger partial charge in [-0.2, -0.15) is 5.10 Å². The molecule has 4 N–H and O–H groups in total. The highest BCUT2D eigenvalue weighted by Gasteiger charge is 2.21. The first-order chi connectivity index (χ1) is 8.00. The SMILES string of the molecule is Cn1nc(-c2ccc(O)cc2)c(C(=O)O)c1N. The van der Waals surface area contributed by atoms with Crippen molar-refractivity contribution in [2.75, 3.05) is 5.73 Å². The van der Waals surface area contributed by atoms with Gasteiger partial charge < -0.3 is 15.9 Å². The van der Waals surface area contributed by atoms with Crippen LogP contribution < -0.4 is 5.73 Å². The van der Waals surface area contributed by atoms with Crippen LogP contribution >= 0.6 is 0 Å². The summed E-state index contributed by atoms with van der Waals surface area (Å²) >= 11 is 0. The fourth-order valence-corrected chi connectivity index (χ4v) is 1.57. The van der Waals surface area contributed by atoms with Gasteiger partial charge in [0, 0.05) is 12.6 Å². The highest BCUT2D eigenvalue weighted by atomic mass is 16.4. The van der Waals surface area contributed by atoms with E-state index in [1.54, 1.807) is 19.2 Å². The van der Waals surface area contributed by atoms with Gasteiger partial charge in [-0.15, -0.1) is 0 Å². The summed E-state index contributed by atoms with van der Waals surface area (Å²) in [6, 6.07) is 6.10. The molecule has 0 atom stereocenters. The van der Waals surface area contributed by atoms with Gasteiger partial charge in [-0.25, -0.2) is 4.79 Å². The van der Waals surface area contributed by atoms with Gasteiger partial charge in [-0.3, -0.25) is 4.68 Å². The Morgan fingerprint density at radius 2 is 1.94 bits per heavy atom. The van der Waals surface area contributed by atoms with Crippen molar-refractivity contribution < 1.29 is 15.0 Å². The number of aryl methyl sites for hydroxylation is 1. The van der Waals surface area contributed by atoms with Crippen LogP contribution in [0.5, 0.6) is 5.75 Å². The Balaban J connectivity index is 2.63. The monoisotopic (exact) mass is 233 g/mol. The van der Waals surface area contributed by atoms with E-state index in [-0.39, 0.29) is 22.8 Å². The summed E-state index contributed by atoms with van der Waals surface area (Å²) in [6.07, 6.45) is 0. The highest BCUT2D eigenvalue weighted by molar-refractivity contribution is 5.99. The smallest absolute Gasteiger partial charge is 0.341 e. The van der Waals surface area contributed by atoms with E-state index < -0.39 is 5.97 Å². The molecule has 0 saturated carbocycles. The molecule has 17 heavy (non-hydrogen) atoms. The van der Waals surface area contributed by atoms with Gasteiger partial charge in [0.1, 0.15) is 22.8 Å². The van der Waals surface area contributed by atoms with E-state index in [1.165, 1.54) is 16.8 Å². The van der Waals surface area contributed by atoms with Crippen molar-refractivity contribution in [2.45, 2.75) is 0 Å². The minimum atomic E-state index is -1.13. The Kier molecular flexibility index (Phi) is 2.47. The number of aromatic nitrogens is 2. The fourth-order valence-electron chi connectivity index (χ4n) is 1.57. The number of nitrogen functional groups attached to an aromatic ring is 1. The maximum atomic E-state index is 11.1. The van der Waals surface area contributed by atoms with Crippen LogP contribution in [0.3, 0.4) is 0 Å². The van der Waals surface area contributed by atoms with Crippen molar-refractivity contribution >= 4 is 11.8 Å². The molecule has 2 aromatic rings. The lowest BCUT2D eigenvalue weighted by Gasteiger charge is -1.99. The number of rotatable bonds is 2. The first kappa shape index (κ1) is 11.0. The number of aromatic hydroxyl groups is 1. The van der Waals surface area contributed by atoms with Crippen molar-refractivity contribution in [3.8, 4) is 17.0 Å². The van der Waals surface area contributed by atoms with E-state index in [0.717, 1.165) is 0 Å². The van der Waals surface area contributed by atoms with Gasteiger partial charge >= 0.3 is 5.97 Å². The average molecular weight is 233 g/mol. The number of hydrogen-bond acceptors (Lipinski definition) is 4. The minimum Gasteiger partial charge on any atom is -0.508 e. The zero-order valence-electron chi connectivity index (χ0n) is 9.08. The molecule has 88 valence electrons. The summed E-state index contributed by atoms with van der Waals surface area (Å²) in [4.78, 5) is 11.1. The minimum absolute atomic E-state index is 0.0295. The van der Waals surface area contributed by atoms with Crippen molar-refractivity contribution in [2.24, 2.45) is 7.05 Å². The molecule has 6 heteroatoms. The van der Waals surface area contributed by atoms with Gasteiger partial charge in [0.2, 0.25) is 0 Å². The van der Waals surface area contributed by atoms with Crippen LogP contribution in [-0.4, -0.2) is 26.0 Å². The van der Waals surface area contributed by atoms with E-state index in [9.17, 15) is 9.90 Å². The van der Waals surface area contributed by atoms with Gasteiger partial charge in [-0.1, -0.05) is 0 Å². The predicted molar refractivity (Wildman–Crippen MR) is 61.7 cm³/mol. The lowest BCUT2D eigenvalue weighted by Crippen LogP contribution is -2.04. The summed E-state index contributed by atoms with van der Waals surface area (Å²) < 4.78 is 1.31. The molecule has 0 aliphatic rings. The molecule has 0 unspecified atom stereocenters. The number of phenolic OH excluding ortho intramolecular Hbond substituents is 1. The molecular weight excluding hydrogens is 222 g/mol. The van der Waals surface area contributed by atoms with Crippen molar-refractivity contribution in [3.05, 3.63) is 29.8 Å². The molecule has 1 aromatic heterocycles. The first-order valence-electron chi connectivity index (χ1n) is 4.86. The number of hydrogen-bond donors (Lipinski definition) is 3. The second kappa shape index (κ2) is 3.82. The van der Waals surface area contributed by atoms with E-state index in [4.69, 9.17) is 10.8 Å². The zero-order chi connectivity index (χ0) is 12.6. The molecule has 0 bridgehead atoms. The van der Waals surface area contributed by atoms with E-state index >= 15 is 0 Å². The number of carboxylic acids is 1. The van der Waals surface area contributed by atoms with Gasteiger partial charge in [0.05, 0.1) is 0 Å². The topological polar surface area (TPSA) is 101 Å². The number of aromatic carboxylic acids is 1. The van der Waals surface area contributed by atoms with Crippen LogP contribution in [0.1, 0.15) is 10.4 Å². The van der Waals surface area contributed by atoms with E-state index in [2.05, 4.69) is 5.10 Å². The molecular formula is C11H11N3O3. The van der Waals surface area contributed by atoms with Crippen molar-refractivity contribution in [1.29, 1.82) is 0 Å². The molecule has 0 spiro atoms. The molecule has 1 heterocycles. The number of phenols is 1. The largest absolute Gasteiger partial charge is 0.508 e. The molecule has 0 fully saturated rings. The molecule has 1 aromatic carbocycles. The molecule has 0 aliphatic heterocycles. The van der Waals surface area contributed by atoms with Gasteiger partial charge in [-0.05, 0) is 24.3 Å². The average Bonchev–Trinajstić information content (AvgIpc) is 2.56. The summed E-state index contributed by atoms with van der Waals surface area (Å²) in [5.74, 6) is -0.922. The standard InChI is InChI=1S/C11H11N3O3/c1-14-10(12)8(11(16)17)9(13-14)6-2-4-7(15)5-3-6/h2-5,15H,12H2,1H3,(H,16,17). The van der Waals surface area contributed by atoms with E-state index in [0.29, 0.717) is 5.56 Å².